The van der Waals surface area contributed by atoms with Crippen LogP contribution < -0.4 is 0 Å². The van der Waals surface area contributed by atoms with Gasteiger partial charge in [-0.1, -0.05) is 182 Å². The maximum Gasteiger partial charge on any atom is 0.160 e. The molecule has 3 nitrogen and oxygen atoms in total. The lowest BCUT2D eigenvalue weighted by molar-refractivity contribution is 0.900. The molecule has 1 aliphatic carbocycles. The minimum absolute atomic E-state index is 0.704. The van der Waals surface area contributed by atoms with E-state index in [2.05, 4.69) is 188 Å². The van der Waals surface area contributed by atoms with Crippen LogP contribution in [0.5, 0.6) is 0 Å². The maximum atomic E-state index is 5.28. The molecule has 0 saturated heterocycles. The van der Waals surface area contributed by atoms with Crippen molar-refractivity contribution >= 4 is 0 Å². The summed E-state index contributed by atoms with van der Waals surface area (Å²) in [5, 5.41) is 0. The summed E-state index contributed by atoms with van der Waals surface area (Å²) in [5.74, 6) is 0.704. The highest BCUT2D eigenvalue weighted by atomic mass is 14.9. The van der Waals surface area contributed by atoms with Crippen molar-refractivity contribution in [3.63, 3.8) is 0 Å². The number of aryl methyl sites for hydroxylation is 1. The van der Waals surface area contributed by atoms with E-state index in [-0.39, 0.29) is 0 Å². The van der Waals surface area contributed by atoms with Crippen molar-refractivity contribution in [2.45, 2.75) is 12.8 Å². The Hall–Kier alpha value is -7.23. The zero-order valence-electron chi connectivity index (χ0n) is 30.8. The molecule has 7 aromatic carbocycles. The zero-order chi connectivity index (χ0) is 37.3. The Balaban J connectivity index is 1.05. The monoisotopic (exact) mass is 715 g/mol. The Morgan fingerprint density at radius 3 is 1.43 bits per heavy atom. The molecule has 3 heteroatoms. The van der Waals surface area contributed by atoms with Crippen molar-refractivity contribution in [3.05, 3.63) is 211 Å². The van der Waals surface area contributed by atoms with Crippen LogP contribution in [0.1, 0.15) is 11.3 Å². The molecule has 10 rings (SSSR count). The largest absolute Gasteiger partial charge is 0.252 e. The smallest absolute Gasteiger partial charge is 0.160 e. The Kier molecular flexibility index (Phi) is 8.66. The molecule has 0 unspecified atom stereocenters. The normalized spacial score (nSPS) is 11.8. The van der Waals surface area contributed by atoms with Gasteiger partial charge in [-0.2, -0.15) is 0 Å². The minimum atomic E-state index is 0.704. The van der Waals surface area contributed by atoms with Crippen molar-refractivity contribution in [2.75, 3.05) is 0 Å². The summed E-state index contributed by atoms with van der Waals surface area (Å²) < 4.78 is 0. The van der Waals surface area contributed by atoms with Gasteiger partial charge in [0.05, 0.1) is 17.1 Å². The predicted octanol–water partition coefficient (Wildman–Crippen LogP) is 13.3. The standard InChI is InChI=1S/C53H37N3/c1-5-15-36(16-6-1)42-23-13-24-43(33-42)51-35-50(40-21-11-4-12-22-40)55-53(56-51)41-29-27-38(28-30-41)44-25-14-26-46-45(44)31-32-48-52(46)47(37-17-7-2-8-18-37)34-49(54-48)39-19-9-3-10-20-39/h1-30,33-35H,31-32H2. The molecule has 1 aliphatic rings. The average molecular weight is 716 g/mol. The highest BCUT2D eigenvalue weighted by Crippen LogP contribution is 2.44. The molecule has 0 aliphatic heterocycles. The molecular weight excluding hydrogens is 679 g/mol. The van der Waals surface area contributed by atoms with Crippen molar-refractivity contribution in [3.8, 4) is 89.7 Å². The lowest BCUT2D eigenvalue weighted by Gasteiger charge is -2.25. The topological polar surface area (TPSA) is 38.7 Å². The number of hydrogen-bond donors (Lipinski definition) is 0. The van der Waals surface area contributed by atoms with Gasteiger partial charge in [0.15, 0.2) is 5.82 Å². The average Bonchev–Trinajstić information content (AvgIpc) is 3.29. The molecule has 56 heavy (non-hydrogen) atoms. The second-order valence-corrected chi connectivity index (χ2v) is 14.3. The Bertz CT molecular complexity index is 2810. The van der Waals surface area contributed by atoms with Gasteiger partial charge in [0.2, 0.25) is 0 Å². The molecule has 2 aromatic heterocycles. The minimum Gasteiger partial charge on any atom is -0.252 e. The highest BCUT2D eigenvalue weighted by molar-refractivity contribution is 5.92. The molecule has 0 fully saturated rings. The molecule has 2 heterocycles. The molecule has 0 saturated carbocycles. The fourth-order valence-corrected chi connectivity index (χ4v) is 8.05. The first-order valence-corrected chi connectivity index (χ1v) is 19.2. The Labute approximate surface area is 327 Å². The van der Waals surface area contributed by atoms with Crippen molar-refractivity contribution in [1.82, 2.24) is 15.0 Å². The number of aromatic nitrogens is 3. The van der Waals surface area contributed by atoms with E-state index in [1.165, 1.54) is 44.5 Å². The third-order valence-electron chi connectivity index (χ3n) is 10.8. The van der Waals surface area contributed by atoms with Crippen molar-refractivity contribution in [2.24, 2.45) is 0 Å². The van der Waals surface area contributed by atoms with Gasteiger partial charge in [-0.25, -0.2) is 9.97 Å². The van der Waals surface area contributed by atoms with Crippen molar-refractivity contribution < 1.29 is 0 Å². The number of benzene rings is 7. The molecule has 0 amide bonds. The SMILES string of the molecule is c1ccc(-c2cccc(-c3cc(-c4ccccc4)nc(-c4ccc(-c5cccc6c5CCc5nc(-c7ccccc7)cc(-c7ccccc7)c5-6)cc4)n3)c2)cc1. The summed E-state index contributed by atoms with van der Waals surface area (Å²) in [6.07, 6.45) is 1.81. The number of hydrogen-bond acceptors (Lipinski definition) is 3. The van der Waals surface area contributed by atoms with E-state index in [0.29, 0.717) is 5.82 Å². The molecule has 0 atom stereocenters. The van der Waals surface area contributed by atoms with E-state index in [9.17, 15) is 0 Å². The van der Waals surface area contributed by atoms with Crippen LogP contribution in [0.25, 0.3) is 89.7 Å². The fourth-order valence-electron chi connectivity index (χ4n) is 8.05. The summed E-state index contributed by atoms with van der Waals surface area (Å²) in [6.45, 7) is 0. The van der Waals surface area contributed by atoms with Gasteiger partial charge in [-0.3, -0.25) is 4.98 Å². The second kappa shape index (κ2) is 14.5. The molecular formula is C53H37N3. The summed E-state index contributed by atoms with van der Waals surface area (Å²) in [4.78, 5) is 15.6. The summed E-state index contributed by atoms with van der Waals surface area (Å²) in [7, 11) is 0. The van der Waals surface area contributed by atoms with Crippen LogP contribution >= 0.6 is 0 Å². The van der Waals surface area contributed by atoms with Crippen LogP contribution in [-0.4, -0.2) is 15.0 Å². The first kappa shape index (κ1) is 33.3. The van der Waals surface area contributed by atoms with E-state index in [0.717, 1.165) is 63.4 Å². The van der Waals surface area contributed by atoms with Crippen molar-refractivity contribution in [1.29, 1.82) is 0 Å². The first-order valence-electron chi connectivity index (χ1n) is 19.2. The van der Waals surface area contributed by atoms with Crippen LogP contribution in [0, 0.1) is 0 Å². The van der Waals surface area contributed by atoms with E-state index >= 15 is 0 Å². The van der Waals surface area contributed by atoms with Crippen LogP contribution in [0.3, 0.4) is 0 Å². The van der Waals surface area contributed by atoms with E-state index in [1.807, 2.05) is 12.1 Å². The first-order chi connectivity index (χ1) is 27.7. The third-order valence-corrected chi connectivity index (χ3v) is 10.8. The molecule has 0 bridgehead atoms. The van der Waals surface area contributed by atoms with Gasteiger partial charge in [0.25, 0.3) is 0 Å². The predicted molar refractivity (Wildman–Crippen MR) is 231 cm³/mol. The van der Waals surface area contributed by atoms with Crippen LogP contribution in [0.4, 0.5) is 0 Å². The zero-order valence-corrected chi connectivity index (χ0v) is 30.8. The third kappa shape index (κ3) is 6.40. The van der Waals surface area contributed by atoms with E-state index in [1.54, 1.807) is 0 Å². The Morgan fingerprint density at radius 2 is 0.768 bits per heavy atom. The number of nitrogens with zero attached hydrogens (tertiary/aromatic N) is 3. The highest BCUT2D eigenvalue weighted by Gasteiger charge is 2.25. The van der Waals surface area contributed by atoms with E-state index in [4.69, 9.17) is 15.0 Å². The van der Waals surface area contributed by atoms with Gasteiger partial charge in [0.1, 0.15) is 0 Å². The Morgan fingerprint density at radius 1 is 0.286 bits per heavy atom. The van der Waals surface area contributed by atoms with Gasteiger partial charge in [0, 0.05) is 33.5 Å². The fraction of sp³-hybridized carbons (Fsp3) is 0.0377. The molecule has 0 N–H and O–H groups in total. The number of fused-ring (bicyclic) bond motifs is 3. The summed E-state index contributed by atoms with van der Waals surface area (Å²) in [5.41, 5.74) is 19.3. The summed E-state index contributed by atoms with van der Waals surface area (Å²) >= 11 is 0. The van der Waals surface area contributed by atoms with Crippen LogP contribution in [0.15, 0.2) is 200 Å². The molecule has 264 valence electrons. The number of pyridine rings is 1. The maximum absolute atomic E-state index is 5.28. The lowest BCUT2D eigenvalue weighted by Crippen LogP contribution is -2.10. The van der Waals surface area contributed by atoms with Gasteiger partial charge in [-0.05, 0) is 75.5 Å². The van der Waals surface area contributed by atoms with Gasteiger partial charge >= 0.3 is 0 Å². The van der Waals surface area contributed by atoms with Gasteiger partial charge in [-0.15, -0.1) is 0 Å². The van der Waals surface area contributed by atoms with Gasteiger partial charge < -0.3 is 0 Å². The second-order valence-electron chi connectivity index (χ2n) is 14.3. The van der Waals surface area contributed by atoms with E-state index < -0.39 is 0 Å². The summed E-state index contributed by atoms with van der Waals surface area (Å²) in [6, 6.07) is 70.6. The molecule has 9 aromatic rings. The quantitative estimate of drug-likeness (QED) is 0.165. The van der Waals surface area contributed by atoms with Crippen LogP contribution in [0.2, 0.25) is 0 Å². The lowest BCUT2D eigenvalue weighted by atomic mass is 9.80. The van der Waals surface area contributed by atoms with Crippen LogP contribution in [-0.2, 0) is 12.8 Å². The molecule has 0 spiro atoms. The number of rotatable bonds is 7. The molecule has 0 radical (unpaired) electrons.